The zero-order chi connectivity index (χ0) is 18.0. The van der Waals surface area contributed by atoms with Crippen LogP contribution in [0.5, 0.6) is 5.75 Å². The van der Waals surface area contributed by atoms with Crippen LogP contribution in [0.25, 0.3) is 0 Å². The van der Waals surface area contributed by atoms with Crippen LogP contribution in [0.4, 0.5) is 0 Å². The monoisotopic (exact) mass is 344 g/mol. The maximum atomic E-state index is 12.1. The van der Waals surface area contributed by atoms with Crippen LogP contribution in [0, 0.1) is 0 Å². The smallest absolute Gasteiger partial charge is 0.330 e. The minimum Gasteiger partial charge on any atom is -0.490 e. The van der Waals surface area contributed by atoms with E-state index in [1.165, 1.54) is 20.4 Å². The molecule has 0 aliphatic carbocycles. The second-order valence-corrected chi connectivity index (χ2v) is 5.94. The number of methoxy groups -OCH3 is 2. The van der Waals surface area contributed by atoms with Crippen molar-refractivity contribution in [2.75, 3.05) is 14.2 Å². The lowest BCUT2D eigenvalue weighted by molar-refractivity contribution is -0.112. The van der Waals surface area contributed by atoms with E-state index in [4.69, 9.17) is 18.9 Å². The Bertz CT molecular complexity index is 669. The Morgan fingerprint density at radius 1 is 1.29 bits per heavy atom. The van der Waals surface area contributed by atoms with E-state index in [0.29, 0.717) is 0 Å². The summed E-state index contributed by atoms with van der Waals surface area (Å²) in [5.74, 6) is -0.0602. The Morgan fingerprint density at radius 3 is 2.50 bits per heavy atom. The Morgan fingerprint density at radius 2 is 1.96 bits per heavy atom. The van der Waals surface area contributed by atoms with Gasteiger partial charge in [-0.2, -0.15) is 0 Å². The molecule has 2 N–H and O–H groups in total. The summed E-state index contributed by atoms with van der Waals surface area (Å²) >= 11 is 0. The summed E-state index contributed by atoms with van der Waals surface area (Å²) in [6, 6.07) is 0. The number of rotatable bonds is 6. The van der Waals surface area contributed by atoms with Crippen LogP contribution >= 0.6 is 0 Å². The summed E-state index contributed by atoms with van der Waals surface area (Å²) in [6.07, 6.45) is -2.73. The number of nitrogens with zero attached hydrogens (tertiary/aromatic N) is 1. The number of H-pyrrole nitrogens is 1. The quantitative estimate of drug-likeness (QED) is 0.724. The van der Waals surface area contributed by atoms with Crippen LogP contribution in [-0.2, 0) is 14.2 Å². The highest BCUT2D eigenvalue weighted by Crippen LogP contribution is 2.33. The molecule has 2 heterocycles. The highest BCUT2D eigenvalue weighted by atomic mass is 16.6. The summed E-state index contributed by atoms with van der Waals surface area (Å²) in [5, 5.41) is 10.6. The molecule has 0 aromatic carbocycles. The molecule has 0 spiro atoms. The summed E-state index contributed by atoms with van der Waals surface area (Å²) in [4.78, 5) is 25.8. The zero-order valence-electron chi connectivity index (χ0n) is 14.4. The van der Waals surface area contributed by atoms with Crippen LogP contribution in [0.2, 0.25) is 0 Å². The first kappa shape index (κ1) is 18.7. The number of ether oxygens (including phenoxy) is 4. The average Bonchev–Trinajstić information content (AvgIpc) is 2.83. The molecule has 1 fully saturated rings. The normalized spacial score (nSPS) is 28.3. The average molecular weight is 344 g/mol. The largest absolute Gasteiger partial charge is 0.490 e. The van der Waals surface area contributed by atoms with Crippen LogP contribution in [0.15, 0.2) is 15.8 Å². The lowest BCUT2D eigenvalue weighted by Gasteiger charge is -2.26. The second-order valence-electron chi connectivity index (χ2n) is 5.94. The van der Waals surface area contributed by atoms with Gasteiger partial charge in [0.1, 0.15) is 18.3 Å². The van der Waals surface area contributed by atoms with Gasteiger partial charge in [0.25, 0.3) is 5.56 Å². The maximum absolute atomic E-state index is 12.1. The fourth-order valence-electron chi connectivity index (χ4n) is 2.69. The molecule has 0 radical (unpaired) electrons. The van der Waals surface area contributed by atoms with E-state index in [9.17, 15) is 14.7 Å². The molecule has 1 aromatic heterocycles. The third-order valence-corrected chi connectivity index (χ3v) is 3.94. The van der Waals surface area contributed by atoms with Gasteiger partial charge in [-0.1, -0.05) is 0 Å². The Hall–Kier alpha value is -1.68. The molecule has 24 heavy (non-hydrogen) atoms. The number of aliphatic hydroxyl groups excluding tert-OH is 1. The third-order valence-electron chi connectivity index (χ3n) is 3.94. The van der Waals surface area contributed by atoms with Crippen LogP contribution in [0.3, 0.4) is 0 Å². The summed E-state index contributed by atoms with van der Waals surface area (Å²) < 4.78 is 22.9. The molecule has 0 bridgehead atoms. The van der Waals surface area contributed by atoms with Gasteiger partial charge in [-0.05, 0) is 20.8 Å². The van der Waals surface area contributed by atoms with Crippen molar-refractivity contribution in [2.45, 2.75) is 57.5 Å². The summed E-state index contributed by atoms with van der Waals surface area (Å²) in [5.41, 5.74) is -1.36. The number of aromatic amines is 1. The zero-order valence-corrected chi connectivity index (χ0v) is 14.4. The lowest BCUT2D eigenvalue weighted by atomic mass is 10.1. The van der Waals surface area contributed by atoms with Crippen molar-refractivity contribution < 1.29 is 24.1 Å². The van der Waals surface area contributed by atoms with E-state index in [1.54, 1.807) is 6.92 Å². The Kier molecular flexibility index (Phi) is 5.81. The predicted molar refractivity (Wildman–Crippen MR) is 84.3 cm³/mol. The summed E-state index contributed by atoms with van der Waals surface area (Å²) in [7, 11) is 2.83. The molecular formula is C15H24N2O7. The van der Waals surface area contributed by atoms with Crippen molar-refractivity contribution in [3.8, 4) is 5.75 Å². The number of hydrogen-bond acceptors (Lipinski definition) is 7. The second kappa shape index (κ2) is 7.47. The molecule has 1 aliphatic heterocycles. The van der Waals surface area contributed by atoms with Crippen molar-refractivity contribution in [1.29, 1.82) is 0 Å². The highest BCUT2D eigenvalue weighted by Gasteiger charge is 2.48. The van der Waals surface area contributed by atoms with Crippen molar-refractivity contribution in [1.82, 2.24) is 9.55 Å². The molecule has 1 aromatic rings. The minimum atomic E-state index is -1.12. The van der Waals surface area contributed by atoms with Crippen molar-refractivity contribution in [2.24, 2.45) is 0 Å². The molecule has 5 atom stereocenters. The van der Waals surface area contributed by atoms with Gasteiger partial charge in [-0.3, -0.25) is 14.3 Å². The Balaban J connectivity index is 2.41. The SMILES string of the molecule is COc1cn([C@@H]2O[C@H](C(C)OC)C(OC(C)C)C2O)c(=O)[nH]c1=O. The molecule has 9 heteroatoms. The van der Waals surface area contributed by atoms with Gasteiger partial charge < -0.3 is 24.1 Å². The molecule has 0 amide bonds. The van der Waals surface area contributed by atoms with Crippen molar-refractivity contribution in [3.05, 3.63) is 27.0 Å². The first-order valence-corrected chi connectivity index (χ1v) is 7.71. The van der Waals surface area contributed by atoms with Gasteiger partial charge in [0.05, 0.1) is 25.5 Å². The minimum absolute atomic E-state index is 0.0602. The first-order valence-electron chi connectivity index (χ1n) is 7.71. The molecule has 136 valence electrons. The van der Waals surface area contributed by atoms with Gasteiger partial charge in [0.2, 0.25) is 5.75 Å². The van der Waals surface area contributed by atoms with Crippen LogP contribution in [0.1, 0.15) is 27.0 Å². The molecule has 3 unspecified atom stereocenters. The highest BCUT2D eigenvalue weighted by molar-refractivity contribution is 5.12. The topological polar surface area (TPSA) is 112 Å². The predicted octanol–water partition coefficient (Wildman–Crippen LogP) is -0.368. The number of aromatic nitrogens is 2. The summed E-state index contributed by atoms with van der Waals surface area (Å²) in [6.45, 7) is 5.46. The third kappa shape index (κ3) is 3.54. The molecular weight excluding hydrogens is 320 g/mol. The van der Waals surface area contributed by atoms with Crippen LogP contribution < -0.4 is 16.0 Å². The van der Waals surface area contributed by atoms with E-state index in [2.05, 4.69) is 4.98 Å². The van der Waals surface area contributed by atoms with Gasteiger partial charge >= 0.3 is 5.69 Å². The van der Waals surface area contributed by atoms with Crippen molar-refractivity contribution >= 4 is 0 Å². The van der Waals surface area contributed by atoms with E-state index < -0.39 is 35.8 Å². The fraction of sp³-hybridized carbons (Fsp3) is 0.733. The van der Waals surface area contributed by atoms with Gasteiger partial charge in [0.15, 0.2) is 6.23 Å². The Labute approximate surface area is 139 Å². The van der Waals surface area contributed by atoms with E-state index >= 15 is 0 Å². The molecule has 1 saturated heterocycles. The van der Waals surface area contributed by atoms with Gasteiger partial charge in [0, 0.05) is 7.11 Å². The number of hydrogen-bond donors (Lipinski definition) is 2. The van der Waals surface area contributed by atoms with E-state index in [-0.39, 0.29) is 18.0 Å². The number of nitrogens with one attached hydrogen (secondary N) is 1. The van der Waals surface area contributed by atoms with Gasteiger partial charge in [-0.25, -0.2) is 4.79 Å². The van der Waals surface area contributed by atoms with Crippen molar-refractivity contribution in [3.63, 3.8) is 0 Å². The lowest BCUT2D eigenvalue weighted by Crippen LogP contribution is -2.42. The molecule has 2 rings (SSSR count). The molecule has 1 aliphatic rings. The molecule has 0 saturated carbocycles. The van der Waals surface area contributed by atoms with Crippen LogP contribution in [-0.4, -0.2) is 59.4 Å². The van der Waals surface area contributed by atoms with Gasteiger partial charge in [-0.15, -0.1) is 0 Å². The molecule has 9 nitrogen and oxygen atoms in total. The number of aliphatic hydroxyl groups is 1. The van der Waals surface area contributed by atoms with E-state index in [0.717, 1.165) is 4.57 Å². The standard InChI is InChI=1S/C15H24N2O7/c1-7(2)23-12-10(18)14(24-11(12)8(3)21-4)17-6-9(22-5)13(19)16-15(17)20/h6-8,10-12,14,18H,1-5H3,(H,16,19,20)/t8?,10?,11-,12?,14-/m1/s1. The first-order chi connectivity index (χ1) is 11.3. The van der Waals surface area contributed by atoms with E-state index in [1.807, 2.05) is 13.8 Å². The fourth-order valence-corrected chi connectivity index (χ4v) is 2.69. The maximum Gasteiger partial charge on any atom is 0.330 e.